The van der Waals surface area contributed by atoms with Gasteiger partial charge in [-0.3, -0.25) is 10.2 Å². The van der Waals surface area contributed by atoms with Gasteiger partial charge in [-0.25, -0.2) is 0 Å². The van der Waals surface area contributed by atoms with Crippen LogP contribution in [0.2, 0.25) is 0 Å². The molecule has 0 amide bonds. The molecule has 2 N–H and O–H groups in total. The number of aromatic amines is 1. The second-order valence-corrected chi connectivity index (χ2v) is 6.38. The third kappa shape index (κ3) is 2.68. The number of hydrogen-bond acceptors (Lipinski definition) is 7. The van der Waals surface area contributed by atoms with Crippen LogP contribution in [0.5, 0.6) is 17.2 Å². The molecule has 150 valence electrons. The average Bonchev–Trinajstić information content (AvgIpc) is 2.77. The number of nitrogens with one attached hydrogen (secondary N) is 2. The Hall–Kier alpha value is -4.25. The van der Waals surface area contributed by atoms with E-state index in [0.29, 0.717) is 28.0 Å². The molecule has 2 heterocycles. The fourth-order valence-electron chi connectivity index (χ4n) is 3.61. The van der Waals surface area contributed by atoms with Crippen molar-refractivity contribution in [1.29, 1.82) is 10.7 Å². The maximum Gasteiger partial charge on any atom is 0.260 e. The van der Waals surface area contributed by atoms with Gasteiger partial charge in [0.2, 0.25) is 11.3 Å². The van der Waals surface area contributed by atoms with Crippen molar-refractivity contribution in [3.05, 3.63) is 57.9 Å². The molecule has 0 spiro atoms. The molecule has 4 rings (SSSR count). The number of hydrogen-bond donors (Lipinski definition) is 2. The summed E-state index contributed by atoms with van der Waals surface area (Å²) in [5.41, 5.74) is 0.519. The lowest BCUT2D eigenvalue weighted by Gasteiger charge is -2.17. The highest BCUT2D eigenvalue weighted by atomic mass is 16.5. The van der Waals surface area contributed by atoms with Crippen molar-refractivity contribution < 1.29 is 18.6 Å². The molecule has 0 saturated carbocycles. The molecular formula is C22H17N3O5. The van der Waals surface area contributed by atoms with E-state index >= 15 is 0 Å². The topological polar surface area (TPSA) is 121 Å². The zero-order valence-electron chi connectivity index (χ0n) is 16.5. The van der Waals surface area contributed by atoms with Crippen molar-refractivity contribution >= 4 is 21.9 Å². The van der Waals surface area contributed by atoms with Crippen LogP contribution in [0, 0.1) is 16.7 Å². The molecule has 8 heteroatoms. The Labute approximate surface area is 170 Å². The quantitative estimate of drug-likeness (QED) is 0.504. The molecule has 0 aliphatic rings. The van der Waals surface area contributed by atoms with Gasteiger partial charge in [-0.1, -0.05) is 12.1 Å². The Bertz CT molecular complexity index is 1460. The summed E-state index contributed by atoms with van der Waals surface area (Å²) in [4.78, 5) is 15.9. The van der Waals surface area contributed by atoms with Crippen molar-refractivity contribution in [2.75, 3.05) is 21.3 Å². The monoisotopic (exact) mass is 403 g/mol. The summed E-state index contributed by atoms with van der Waals surface area (Å²) >= 11 is 0. The largest absolute Gasteiger partial charge is 0.493 e. The molecule has 0 atom stereocenters. The van der Waals surface area contributed by atoms with Gasteiger partial charge in [0.1, 0.15) is 11.6 Å². The molecule has 0 bridgehead atoms. The number of aromatic nitrogens is 1. The fraction of sp³-hybridized carbons (Fsp3) is 0.136. The van der Waals surface area contributed by atoms with E-state index in [1.54, 1.807) is 36.4 Å². The lowest BCUT2D eigenvalue weighted by atomic mass is 9.95. The number of fused-ring (bicyclic) bond motifs is 3. The maximum absolute atomic E-state index is 13.1. The Kier molecular flexibility index (Phi) is 4.64. The molecule has 0 saturated heterocycles. The van der Waals surface area contributed by atoms with Crippen LogP contribution in [0.1, 0.15) is 5.56 Å². The van der Waals surface area contributed by atoms with E-state index in [1.165, 1.54) is 21.3 Å². The maximum atomic E-state index is 13.1. The number of ether oxygens (including phenoxy) is 3. The molecule has 4 aromatic rings. The van der Waals surface area contributed by atoms with Crippen LogP contribution in [0.15, 0.2) is 45.6 Å². The van der Waals surface area contributed by atoms with Crippen LogP contribution >= 0.6 is 0 Å². The number of pyridine rings is 1. The van der Waals surface area contributed by atoms with Gasteiger partial charge in [0.15, 0.2) is 17.1 Å². The van der Waals surface area contributed by atoms with Crippen molar-refractivity contribution in [3.63, 3.8) is 0 Å². The predicted molar refractivity (Wildman–Crippen MR) is 110 cm³/mol. The van der Waals surface area contributed by atoms with E-state index in [-0.39, 0.29) is 33.4 Å². The zero-order valence-corrected chi connectivity index (χ0v) is 16.5. The zero-order chi connectivity index (χ0) is 21.4. The minimum Gasteiger partial charge on any atom is -0.493 e. The summed E-state index contributed by atoms with van der Waals surface area (Å²) in [7, 11) is 4.40. The first-order valence-corrected chi connectivity index (χ1v) is 8.91. The highest BCUT2D eigenvalue weighted by molar-refractivity contribution is 6.08. The van der Waals surface area contributed by atoms with E-state index in [2.05, 4.69) is 4.98 Å². The van der Waals surface area contributed by atoms with Crippen LogP contribution in [0.25, 0.3) is 33.0 Å². The SMILES string of the molecule is COc1ccc(-c2c(C#N)c(=N)oc3c2c(=O)[nH]c2ccccc23)c(OC)c1OC. The highest BCUT2D eigenvalue weighted by Gasteiger charge is 2.25. The summed E-state index contributed by atoms with van der Waals surface area (Å²) in [6.45, 7) is 0. The van der Waals surface area contributed by atoms with Crippen LogP contribution in [0.4, 0.5) is 0 Å². The van der Waals surface area contributed by atoms with Crippen LogP contribution in [0.3, 0.4) is 0 Å². The number of para-hydroxylation sites is 1. The number of H-pyrrole nitrogens is 1. The van der Waals surface area contributed by atoms with Crippen molar-refractivity contribution in [2.45, 2.75) is 0 Å². The molecule has 2 aromatic heterocycles. The molecule has 0 aliphatic carbocycles. The first kappa shape index (κ1) is 19.1. The van der Waals surface area contributed by atoms with Crippen LogP contribution in [-0.2, 0) is 0 Å². The third-order valence-electron chi connectivity index (χ3n) is 4.89. The van der Waals surface area contributed by atoms with Crippen LogP contribution < -0.4 is 25.3 Å². The van der Waals surface area contributed by atoms with Crippen molar-refractivity contribution in [3.8, 4) is 34.4 Å². The first-order chi connectivity index (χ1) is 14.5. The number of methoxy groups -OCH3 is 3. The lowest BCUT2D eigenvalue weighted by Crippen LogP contribution is -2.15. The van der Waals surface area contributed by atoms with E-state index in [9.17, 15) is 10.1 Å². The number of rotatable bonds is 4. The Morgan fingerprint density at radius 3 is 2.43 bits per heavy atom. The summed E-state index contributed by atoms with van der Waals surface area (Å²) in [5.74, 6) is 0.999. The summed E-state index contributed by atoms with van der Waals surface area (Å²) in [5, 5.41) is 18.8. The molecule has 0 aliphatic heterocycles. The van der Waals surface area contributed by atoms with Crippen molar-refractivity contribution in [2.24, 2.45) is 0 Å². The molecule has 0 unspecified atom stereocenters. The summed E-state index contributed by atoms with van der Waals surface area (Å²) in [6.07, 6.45) is 0. The van der Waals surface area contributed by atoms with Gasteiger partial charge in [-0.2, -0.15) is 5.26 Å². The smallest absolute Gasteiger partial charge is 0.260 e. The van der Waals surface area contributed by atoms with Gasteiger partial charge in [-0.05, 0) is 24.3 Å². The molecular weight excluding hydrogens is 386 g/mol. The lowest BCUT2D eigenvalue weighted by molar-refractivity contribution is 0.325. The minimum absolute atomic E-state index is 0.0891. The predicted octanol–water partition coefficient (Wildman–Crippen LogP) is 3.32. The Morgan fingerprint density at radius 1 is 1.03 bits per heavy atom. The highest BCUT2D eigenvalue weighted by Crippen LogP contribution is 2.46. The van der Waals surface area contributed by atoms with Crippen LogP contribution in [-0.4, -0.2) is 26.3 Å². The first-order valence-electron chi connectivity index (χ1n) is 8.91. The average molecular weight is 403 g/mol. The van der Waals surface area contributed by atoms with E-state index < -0.39 is 5.56 Å². The normalized spacial score (nSPS) is 10.7. The Balaban J connectivity index is 2.28. The van der Waals surface area contributed by atoms with Gasteiger partial charge in [-0.15, -0.1) is 0 Å². The molecule has 2 aromatic carbocycles. The van der Waals surface area contributed by atoms with Gasteiger partial charge in [0, 0.05) is 16.5 Å². The standard InChI is InChI=1S/C22H17N3O5/c1-27-15-9-8-12(19(28-2)20(15)29-3)16-13(10-23)21(24)30-18-11-6-4-5-7-14(11)25-22(26)17(16)18/h4-9,24H,1-3H3,(H,25,26). The second-order valence-electron chi connectivity index (χ2n) is 6.38. The van der Waals surface area contributed by atoms with Gasteiger partial charge < -0.3 is 23.6 Å². The molecule has 30 heavy (non-hydrogen) atoms. The molecule has 0 fully saturated rings. The van der Waals surface area contributed by atoms with Gasteiger partial charge >= 0.3 is 0 Å². The Morgan fingerprint density at radius 2 is 1.77 bits per heavy atom. The third-order valence-corrected chi connectivity index (χ3v) is 4.89. The summed E-state index contributed by atoms with van der Waals surface area (Å²) in [6, 6.07) is 12.4. The number of benzene rings is 2. The van der Waals surface area contributed by atoms with E-state index in [1.807, 2.05) is 6.07 Å². The number of nitrogens with zero attached hydrogens (tertiary/aromatic N) is 1. The van der Waals surface area contributed by atoms with E-state index in [0.717, 1.165) is 0 Å². The number of nitriles is 1. The van der Waals surface area contributed by atoms with Crippen molar-refractivity contribution in [1.82, 2.24) is 4.98 Å². The second kappa shape index (κ2) is 7.29. The van der Waals surface area contributed by atoms with Gasteiger partial charge in [0.25, 0.3) is 5.56 Å². The molecule has 0 radical (unpaired) electrons. The fourth-order valence-corrected chi connectivity index (χ4v) is 3.61. The van der Waals surface area contributed by atoms with Gasteiger partial charge in [0.05, 0.1) is 32.2 Å². The van der Waals surface area contributed by atoms with E-state index in [4.69, 9.17) is 24.0 Å². The minimum atomic E-state index is -0.448. The molecule has 8 nitrogen and oxygen atoms in total. The summed E-state index contributed by atoms with van der Waals surface area (Å²) < 4.78 is 22.0.